The molecule has 82 heavy (non-hydrogen) atoms. The number of carbonyl (C=O) groups is 8. The molecule has 0 spiro atoms. The Morgan fingerprint density at radius 3 is 1.41 bits per heavy atom. The molecule has 5 aromatic rings. The van der Waals surface area contributed by atoms with Crippen LogP contribution in [0.5, 0.6) is 0 Å². The van der Waals surface area contributed by atoms with Crippen LogP contribution in [0, 0.1) is 0 Å². The van der Waals surface area contributed by atoms with Crippen molar-refractivity contribution in [3.8, 4) is 0 Å². The van der Waals surface area contributed by atoms with Crippen molar-refractivity contribution in [2.45, 2.75) is 126 Å². The first-order valence-corrected chi connectivity index (χ1v) is 27.3. The number of benzene rings is 4. The quantitative estimate of drug-likeness (QED) is 0.0136. The number of aliphatic imine (C=N–C) groups is 1. The summed E-state index contributed by atoms with van der Waals surface area (Å²) in [5.41, 5.74) is 31.8. The lowest BCUT2D eigenvalue weighted by Crippen LogP contribution is -2.61. The van der Waals surface area contributed by atoms with Gasteiger partial charge in [0.2, 0.25) is 41.4 Å². The first kappa shape index (κ1) is 64.1. The van der Waals surface area contributed by atoms with Gasteiger partial charge in [-0.1, -0.05) is 109 Å². The monoisotopic (exact) mass is 1130 g/mol. The number of carboxylic acid groups (broad SMARTS) is 1. The van der Waals surface area contributed by atoms with Crippen LogP contribution in [-0.2, 0) is 64.0 Å². The number of fused-ring (bicyclic) bond motifs is 1. The van der Waals surface area contributed by atoms with Gasteiger partial charge in [-0.05, 0) is 86.9 Å². The molecule has 5 rings (SSSR count). The lowest BCUT2D eigenvalue weighted by molar-refractivity contribution is -0.143. The molecule has 0 saturated carbocycles. The Bertz CT molecular complexity index is 2910. The van der Waals surface area contributed by atoms with Crippen LogP contribution in [0.25, 0.3) is 10.9 Å². The second-order valence-corrected chi connectivity index (χ2v) is 20.0. The SMILES string of the molecule is C[C@@H](O)[C@H](NC(=O)[C@H](CCCCN)NC(=O)[C@@H](Cc1c[nH]c2ccccc12)NC(=O)[C@H](Cc1ccccc1)NC(=O)[C@H](Cc1ccccc1)NC(=O)[C@H](CCCN=C(N)N)NC(=O)[C@H](N)CCN)C(=O)N[C@@H](Cc1ccccc1)C(=O)O. The summed E-state index contributed by atoms with van der Waals surface area (Å²) >= 11 is 0. The molecule has 0 unspecified atom stereocenters. The van der Waals surface area contributed by atoms with Crippen molar-refractivity contribution in [1.82, 2.24) is 42.2 Å². The van der Waals surface area contributed by atoms with Gasteiger partial charge in [-0.2, -0.15) is 0 Å². The smallest absolute Gasteiger partial charge is 0.326 e. The number of carboxylic acids is 1. The highest BCUT2D eigenvalue weighted by atomic mass is 16.4. The van der Waals surface area contributed by atoms with E-state index in [2.05, 4.69) is 47.2 Å². The topological polar surface area (TPSA) is 419 Å². The fourth-order valence-electron chi connectivity index (χ4n) is 9.03. The zero-order valence-corrected chi connectivity index (χ0v) is 45.9. The predicted molar refractivity (Wildman–Crippen MR) is 310 cm³/mol. The number of nitrogens with one attached hydrogen (secondary N) is 8. The molecular formula is C58H78N14O10. The summed E-state index contributed by atoms with van der Waals surface area (Å²) in [5.74, 6) is -7.25. The minimum absolute atomic E-state index is 0.00897. The molecule has 9 atom stereocenters. The minimum atomic E-state index is -1.67. The second kappa shape index (κ2) is 33.1. The first-order chi connectivity index (χ1) is 39.4. The second-order valence-electron chi connectivity index (χ2n) is 20.0. The molecule has 20 N–H and O–H groups in total. The number of para-hydroxylation sites is 1. The Hall–Kier alpha value is -8.71. The number of hydrogen-bond acceptors (Lipinski definition) is 13. The van der Waals surface area contributed by atoms with Gasteiger partial charge in [0.05, 0.1) is 12.1 Å². The van der Waals surface area contributed by atoms with Gasteiger partial charge in [-0.15, -0.1) is 0 Å². The molecule has 0 aliphatic carbocycles. The maximum Gasteiger partial charge on any atom is 0.326 e. The maximum atomic E-state index is 15.0. The number of unbranched alkanes of at least 4 members (excludes halogenated alkanes) is 1. The number of aromatic nitrogens is 1. The van der Waals surface area contributed by atoms with E-state index >= 15 is 4.79 Å². The summed E-state index contributed by atoms with van der Waals surface area (Å²) in [5, 5.41) is 40.3. The van der Waals surface area contributed by atoms with Gasteiger partial charge in [0.15, 0.2) is 5.96 Å². The molecule has 0 aliphatic heterocycles. The number of guanidine groups is 1. The summed E-state index contributed by atoms with van der Waals surface area (Å²) in [6.45, 7) is 1.71. The van der Waals surface area contributed by atoms with Crippen molar-refractivity contribution >= 4 is 64.2 Å². The van der Waals surface area contributed by atoms with Gasteiger partial charge in [0.1, 0.15) is 42.3 Å². The van der Waals surface area contributed by atoms with Crippen molar-refractivity contribution in [2.75, 3.05) is 19.6 Å². The molecule has 24 heteroatoms. The fraction of sp³-hybridized carbons (Fsp3) is 0.397. The largest absolute Gasteiger partial charge is 0.480 e. The molecule has 0 radical (unpaired) electrons. The van der Waals surface area contributed by atoms with Crippen molar-refractivity contribution < 1.29 is 48.6 Å². The van der Waals surface area contributed by atoms with Crippen LogP contribution in [-0.4, -0.2) is 143 Å². The molecule has 0 aliphatic rings. The van der Waals surface area contributed by atoms with Crippen molar-refractivity contribution in [3.63, 3.8) is 0 Å². The van der Waals surface area contributed by atoms with Crippen molar-refractivity contribution in [2.24, 2.45) is 33.7 Å². The van der Waals surface area contributed by atoms with Crippen LogP contribution >= 0.6 is 0 Å². The van der Waals surface area contributed by atoms with Crippen LogP contribution in [0.3, 0.4) is 0 Å². The lowest BCUT2D eigenvalue weighted by atomic mass is 10.00. The molecule has 1 aromatic heterocycles. The van der Waals surface area contributed by atoms with Crippen molar-refractivity contribution in [1.29, 1.82) is 0 Å². The third-order valence-electron chi connectivity index (χ3n) is 13.5. The number of aliphatic carboxylic acids is 1. The van der Waals surface area contributed by atoms with Crippen molar-refractivity contribution in [3.05, 3.63) is 144 Å². The number of nitrogens with zero attached hydrogens (tertiary/aromatic N) is 1. The van der Waals surface area contributed by atoms with Gasteiger partial charge in [0, 0.05) is 49.3 Å². The van der Waals surface area contributed by atoms with Gasteiger partial charge in [0.25, 0.3) is 0 Å². The Balaban J connectivity index is 1.46. The highest BCUT2D eigenvalue weighted by molar-refractivity contribution is 5.98. The maximum absolute atomic E-state index is 15.0. The summed E-state index contributed by atoms with van der Waals surface area (Å²) in [6, 6.07) is 22.4. The van der Waals surface area contributed by atoms with Crippen LogP contribution < -0.4 is 65.9 Å². The third-order valence-corrected chi connectivity index (χ3v) is 13.5. The number of H-pyrrole nitrogens is 1. The average Bonchev–Trinajstić information content (AvgIpc) is 4.12. The number of carbonyl (C=O) groups excluding carboxylic acids is 7. The molecule has 4 aromatic carbocycles. The summed E-state index contributed by atoms with van der Waals surface area (Å²) in [6.07, 6.45) is 0.896. The summed E-state index contributed by atoms with van der Waals surface area (Å²) in [7, 11) is 0. The predicted octanol–water partition coefficient (Wildman–Crippen LogP) is -0.844. The summed E-state index contributed by atoms with van der Waals surface area (Å²) < 4.78 is 0. The van der Waals surface area contributed by atoms with Crippen LogP contribution in [0.1, 0.15) is 67.7 Å². The van der Waals surface area contributed by atoms with E-state index in [1.165, 1.54) is 6.92 Å². The normalized spacial score (nSPS) is 14.4. The fourth-order valence-corrected chi connectivity index (χ4v) is 9.03. The molecule has 0 saturated heterocycles. The molecule has 440 valence electrons. The number of amides is 7. The Morgan fingerprint density at radius 2 is 0.927 bits per heavy atom. The Morgan fingerprint density at radius 1 is 0.500 bits per heavy atom. The standard InChI is InChI=1S/C58H78N14O10/c1-35(73)49(56(80)71-48(57(81)82)32-38-20-9-4-10-21-38)72-52(76)43(24-13-14-27-59)67-55(79)47(33-39-34-65-42-23-12-11-22-40(39)42)70-54(78)46(31-37-18-7-3-8-19-37)69-53(77)45(30-36-16-5-2-6-17-36)68-51(75)44(25-15-29-64-58(62)63)66-50(74)41(61)26-28-60/h2-12,16-23,34-35,41,43-49,65,73H,13-15,24-33,59-61H2,1H3,(H,66,74)(H,67,79)(H,68,75)(H,69,77)(H,70,78)(H,71,80)(H,72,76)(H,81,82)(H4,62,63,64)/t35-,41-,43+,44+,45+,46+,47-,48+,49+/m1/s1. The number of aromatic amines is 1. The van der Waals surface area contributed by atoms with Gasteiger partial charge in [-0.25, -0.2) is 4.79 Å². The van der Waals surface area contributed by atoms with E-state index in [0.717, 1.165) is 10.9 Å². The Labute approximate surface area is 475 Å². The van der Waals surface area contributed by atoms with E-state index in [9.17, 15) is 43.8 Å². The molecule has 0 fully saturated rings. The molecular weight excluding hydrogens is 1050 g/mol. The van der Waals surface area contributed by atoms with E-state index in [-0.39, 0.29) is 77.0 Å². The van der Waals surface area contributed by atoms with E-state index in [1.807, 2.05) is 18.2 Å². The number of aliphatic hydroxyl groups is 1. The van der Waals surface area contributed by atoms with E-state index in [0.29, 0.717) is 35.1 Å². The Kier molecular flexibility index (Phi) is 25.9. The number of nitrogens with two attached hydrogens (primary N) is 5. The van der Waals surface area contributed by atoms with E-state index in [1.54, 1.807) is 103 Å². The number of hydrogen-bond donors (Lipinski definition) is 15. The highest BCUT2D eigenvalue weighted by Gasteiger charge is 2.36. The van der Waals surface area contributed by atoms with Gasteiger partial charge in [-0.3, -0.25) is 38.6 Å². The van der Waals surface area contributed by atoms with E-state index < -0.39 is 102 Å². The van der Waals surface area contributed by atoms with Crippen LogP contribution in [0.4, 0.5) is 0 Å². The third kappa shape index (κ3) is 20.7. The van der Waals surface area contributed by atoms with Crippen LogP contribution in [0.15, 0.2) is 126 Å². The zero-order valence-electron chi connectivity index (χ0n) is 45.9. The lowest BCUT2D eigenvalue weighted by Gasteiger charge is -2.28. The molecule has 24 nitrogen and oxygen atoms in total. The number of aliphatic hydroxyl groups excluding tert-OH is 1. The average molecular weight is 1130 g/mol. The first-order valence-electron chi connectivity index (χ1n) is 27.3. The van der Waals surface area contributed by atoms with E-state index in [4.69, 9.17) is 28.7 Å². The zero-order chi connectivity index (χ0) is 59.6. The van der Waals surface area contributed by atoms with Crippen LogP contribution in [0.2, 0.25) is 0 Å². The molecule has 7 amide bonds. The molecule has 1 heterocycles. The molecule has 0 bridgehead atoms. The number of rotatable bonds is 34. The van der Waals surface area contributed by atoms with Gasteiger partial charge >= 0.3 is 5.97 Å². The summed E-state index contributed by atoms with van der Waals surface area (Å²) in [4.78, 5) is 120. The van der Waals surface area contributed by atoms with Gasteiger partial charge < -0.3 is 81.1 Å². The minimum Gasteiger partial charge on any atom is -0.480 e. The highest BCUT2D eigenvalue weighted by Crippen LogP contribution is 2.20.